The van der Waals surface area contributed by atoms with Gasteiger partial charge in [0.2, 0.25) is 0 Å². The van der Waals surface area contributed by atoms with Crippen molar-refractivity contribution >= 4 is 40.4 Å². The molecule has 2 N–H and O–H groups in total. The van der Waals surface area contributed by atoms with Gasteiger partial charge in [-0.2, -0.15) is 0 Å². The van der Waals surface area contributed by atoms with Gasteiger partial charge in [-0.25, -0.2) is 9.78 Å². The number of hydrogen-bond acceptors (Lipinski definition) is 6. The highest BCUT2D eigenvalue weighted by atomic mass is 35.5. The van der Waals surface area contributed by atoms with E-state index >= 15 is 0 Å². The van der Waals surface area contributed by atoms with Crippen molar-refractivity contribution in [2.75, 3.05) is 13.7 Å². The summed E-state index contributed by atoms with van der Waals surface area (Å²) in [5.41, 5.74) is 0.115. The molecule has 0 bridgehead atoms. The highest BCUT2D eigenvalue weighted by Gasteiger charge is 2.53. The number of ether oxygens (including phenoxy) is 1. The van der Waals surface area contributed by atoms with Gasteiger partial charge in [-0.3, -0.25) is 14.9 Å². The minimum Gasteiger partial charge on any atom is -0.497 e. The molecule has 10 heteroatoms. The maximum atomic E-state index is 13.0. The second-order valence-electron chi connectivity index (χ2n) is 7.12. The van der Waals surface area contributed by atoms with Crippen LogP contribution in [0, 0.1) is 0 Å². The van der Waals surface area contributed by atoms with Crippen LogP contribution in [0.3, 0.4) is 0 Å². The Hall–Kier alpha value is -3.59. The third-order valence-electron chi connectivity index (χ3n) is 5.38. The topological polar surface area (TPSA) is 114 Å². The Balaban J connectivity index is 1.56. The summed E-state index contributed by atoms with van der Waals surface area (Å²) < 4.78 is 11.1. The molecule has 0 unspecified atom stereocenters. The zero-order valence-electron chi connectivity index (χ0n) is 15.7. The van der Waals surface area contributed by atoms with Crippen molar-refractivity contribution in [1.29, 1.82) is 0 Å². The SMILES string of the molecule is COc1ccc2c(c1)C(=O)N(C[C@@]1(c3cc4c(Cl)nccc4o3)NC(=O)NC1=O)C2. The number of amides is 4. The number of furan rings is 1. The molecule has 1 saturated heterocycles. The maximum Gasteiger partial charge on any atom is 0.322 e. The van der Waals surface area contributed by atoms with Gasteiger partial charge in [-0.1, -0.05) is 17.7 Å². The van der Waals surface area contributed by atoms with E-state index in [2.05, 4.69) is 15.6 Å². The van der Waals surface area contributed by atoms with E-state index in [0.29, 0.717) is 22.3 Å². The summed E-state index contributed by atoms with van der Waals surface area (Å²) in [5, 5.41) is 5.58. The van der Waals surface area contributed by atoms with Gasteiger partial charge in [-0.05, 0) is 29.8 Å². The molecule has 1 atom stereocenters. The molecular weight excluding hydrogens is 412 g/mol. The van der Waals surface area contributed by atoms with Crippen molar-refractivity contribution in [1.82, 2.24) is 20.5 Å². The van der Waals surface area contributed by atoms with Crippen molar-refractivity contribution in [3.8, 4) is 5.75 Å². The first-order valence-corrected chi connectivity index (χ1v) is 9.43. The monoisotopic (exact) mass is 426 g/mol. The van der Waals surface area contributed by atoms with E-state index < -0.39 is 17.5 Å². The Labute approximate surface area is 174 Å². The predicted molar refractivity (Wildman–Crippen MR) is 105 cm³/mol. The fraction of sp³-hybridized carbons (Fsp3) is 0.200. The molecule has 0 saturated carbocycles. The number of halogens is 1. The summed E-state index contributed by atoms with van der Waals surface area (Å²) in [6.45, 7) is 0.164. The van der Waals surface area contributed by atoms with Crippen LogP contribution in [0.25, 0.3) is 11.0 Å². The number of benzene rings is 1. The average molecular weight is 427 g/mol. The number of rotatable bonds is 4. The molecule has 0 spiro atoms. The zero-order valence-corrected chi connectivity index (χ0v) is 16.4. The first-order chi connectivity index (χ1) is 14.4. The largest absolute Gasteiger partial charge is 0.497 e. The molecule has 30 heavy (non-hydrogen) atoms. The molecule has 0 radical (unpaired) electrons. The number of urea groups is 1. The first-order valence-electron chi connectivity index (χ1n) is 9.05. The molecule has 0 aliphatic carbocycles. The maximum absolute atomic E-state index is 13.0. The molecule has 5 rings (SSSR count). The summed E-state index contributed by atoms with van der Waals surface area (Å²) in [6, 6.07) is 7.73. The molecule has 4 heterocycles. The number of carbonyl (C=O) groups excluding carboxylic acids is 3. The molecule has 1 fully saturated rings. The van der Waals surface area contributed by atoms with Gasteiger partial charge in [0.15, 0.2) is 5.54 Å². The third kappa shape index (κ3) is 2.62. The number of carbonyl (C=O) groups is 3. The quantitative estimate of drug-likeness (QED) is 0.488. The summed E-state index contributed by atoms with van der Waals surface area (Å²) in [6.07, 6.45) is 1.48. The summed E-state index contributed by atoms with van der Waals surface area (Å²) in [4.78, 5) is 43.4. The normalized spacial score (nSPS) is 20.5. The van der Waals surface area contributed by atoms with E-state index in [9.17, 15) is 14.4 Å². The van der Waals surface area contributed by atoms with Gasteiger partial charge < -0.3 is 19.4 Å². The zero-order chi connectivity index (χ0) is 21.0. The minimum absolute atomic E-state index is 0.120. The van der Waals surface area contributed by atoms with E-state index in [0.717, 1.165) is 5.56 Å². The first kappa shape index (κ1) is 18.4. The van der Waals surface area contributed by atoms with Crippen molar-refractivity contribution in [2.24, 2.45) is 0 Å². The Morgan fingerprint density at radius 1 is 1.27 bits per heavy atom. The molecule has 2 aliphatic rings. The Morgan fingerprint density at radius 3 is 2.80 bits per heavy atom. The summed E-state index contributed by atoms with van der Waals surface area (Å²) >= 11 is 6.14. The van der Waals surface area contributed by atoms with Crippen LogP contribution in [0.5, 0.6) is 5.75 Å². The fourth-order valence-electron chi connectivity index (χ4n) is 3.88. The van der Waals surface area contributed by atoms with Crippen LogP contribution in [0.1, 0.15) is 21.7 Å². The van der Waals surface area contributed by atoms with Crippen LogP contribution in [-0.4, -0.2) is 41.4 Å². The van der Waals surface area contributed by atoms with Crippen molar-refractivity contribution in [2.45, 2.75) is 12.1 Å². The number of nitrogens with one attached hydrogen (secondary N) is 2. The van der Waals surface area contributed by atoms with Crippen molar-refractivity contribution < 1.29 is 23.5 Å². The Morgan fingerprint density at radius 2 is 2.10 bits per heavy atom. The lowest BCUT2D eigenvalue weighted by atomic mass is 9.95. The molecule has 4 amide bonds. The van der Waals surface area contributed by atoms with Crippen LogP contribution < -0.4 is 15.4 Å². The van der Waals surface area contributed by atoms with E-state index in [-0.39, 0.29) is 29.9 Å². The molecule has 1 aromatic carbocycles. The highest BCUT2D eigenvalue weighted by molar-refractivity contribution is 6.34. The van der Waals surface area contributed by atoms with E-state index in [1.54, 1.807) is 30.3 Å². The Kier molecular flexibility index (Phi) is 3.97. The van der Waals surface area contributed by atoms with Gasteiger partial charge in [0.05, 0.1) is 19.0 Å². The van der Waals surface area contributed by atoms with E-state index in [1.165, 1.54) is 18.2 Å². The molecule has 3 aromatic rings. The Bertz CT molecular complexity index is 1240. The molecule has 152 valence electrons. The summed E-state index contributed by atoms with van der Waals surface area (Å²) in [5.74, 6) is -0.160. The molecule has 2 aliphatic heterocycles. The average Bonchev–Trinajstić information content (AvgIpc) is 3.38. The molecule has 9 nitrogen and oxygen atoms in total. The van der Waals surface area contributed by atoms with Crippen LogP contribution in [0.2, 0.25) is 5.15 Å². The van der Waals surface area contributed by atoms with Gasteiger partial charge >= 0.3 is 6.03 Å². The van der Waals surface area contributed by atoms with Crippen LogP contribution in [0.4, 0.5) is 4.79 Å². The lowest BCUT2D eigenvalue weighted by Crippen LogP contribution is -2.52. The smallest absolute Gasteiger partial charge is 0.322 e. The number of aromatic nitrogens is 1. The third-order valence-corrected chi connectivity index (χ3v) is 5.68. The number of imide groups is 1. The lowest BCUT2D eigenvalue weighted by Gasteiger charge is -2.29. The van der Waals surface area contributed by atoms with Gasteiger partial charge in [0, 0.05) is 18.3 Å². The highest BCUT2D eigenvalue weighted by Crippen LogP contribution is 2.36. The van der Waals surface area contributed by atoms with Crippen LogP contribution in [0.15, 0.2) is 40.9 Å². The minimum atomic E-state index is -1.60. The fourth-order valence-corrected chi connectivity index (χ4v) is 4.08. The van der Waals surface area contributed by atoms with Crippen molar-refractivity contribution in [3.05, 3.63) is 58.6 Å². The number of fused-ring (bicyclic) bond motifs is 2. The summed E-state index contributed by atoms with van der Waals surface area (Å²) in [7, 11) is 1.52. The number of nitrogens with zero attached hydrogens (tertiary/aromatic N) is 2. The second kappa shape index (κ2) is 6.46. The van der Waals surface area contributed by atoms with Gasteiger partial charge in [0.25, 0.3) is 11.8 Å². The number of hydrogen-bond donors (Lipinski definition) is 2. The molecule has 2 aromatic heterocycles. The number of pyridine rings is 1. The van der Waals surface area contributed by atoms with Gasteiger partial charge in [-0.15, -0.1) is 0 Å². The van der Waals surface area contributed by atoms with Gasteiger partial charge in [0.1, 0.15) is 22.2 Å². The second-order valence-corrected chi connectivity index (χ2v) is 7.48. The lowest BCUT2D eigenvalue weighted by molar-refractivity contribution is -0.125. The van der Waals surface area contributed by atoms with E-state index in [1.807, 2.05) is 0 Å². The molecular formula is C20H15ClN4O5. The van der Waals surface area contributed by atoms with E-state index in [4.69, 9.17) is 20.8 Å². The number of methoxy groups -OCH3 is 1. The standard InChI is InChI=1S/C20H15ClN4O5/c1-29-11-3-2-10-8-25(17(26)12(10)6-11)9-20(18(27)23-19(28)24-20)15-7-13-14(30-15)4-5-22-16(13)21/h2-7H,8-9H2,1H3,(H2,23,24,27,28)/t20-/m0/s1. The predicted octanol–water partition coefficient (Wildman–Crippen LogP) is 2.18. The van der Waals surface area contributed by atoms with Crippen LogP contribution >= 0.6 is 11.6 Å². The van der Waals surface area contributed by atoms with Crippen LogP contribution in [-0.2, 0) is 16.9 Å². The van der Waals surface area contributed by atoms with Crippen molar-refractivity contribution in [3.63, 3.8) is 0 Å².